The minimum Gasteiger partial charge on any atom is -0.454 e. The molecule has 0 aliphatic carbocycles. The minimum atomic E-state index is -0.831. The summed E-state index contributed by atoms with van der Waals surface area (Å²) in [4.78, 5) is 28.6. The smallest absolute Gasteiger partial charge is 0.256 e. The number of carbonyl (C=O) groups excluding carboxylic acids is 1. The third-order valence-electron chi connectivity index (χ3n) is 4.24. The van der Waals surface area contributed by atoms with Gasteiger partial charge in [0.05, 0.1) is 11.9 Å². The summed E-state index contributed by atoms with van der Waals surface area (Å²) >= 11 is 0. The molecule has 0 atom stereocenters. The van der Waals surface area contributed by atoms with E-state index in [0.29, 0.717) is 5.75 Å². The fourth-order valence-electron chi connectivity index (χ4n) is 2.66. The number of amides is 1. The molecule has 0 bridgehead atoms. The lowest BCUT2D eigenvalue weighted by Gasteiger charge is -2.18. The summed E-state index contributed by atoms with van der Waals surface area (Å²) in [6.07, 6.45) is 3.05. The van der Waals surface area contributed by atoms with Crippen LogP contribution in [-0.4, -0.2) is 15.5 Å². The second-order valence-corrected chi connectivity index (χ2v) is 6.35. The largest absolute Gasteiger partial charge is 0.454 e. The van der Waals surface area contributed by atoms with Gasteiger partial charge in [-0.15, -0.1) is 0 Å². The maximum Gasteiger partial charge on any atom is 0.256 e. The number of primary amides is 1. The van der Waals surface area contributed by atoms with Crippen LogP contribution in [0.1, 0.15) is 21.5 Å². The van der Waals surface area contributed by atoms with Crippen LogP contribution in [0, 0.1) is 19.7 Å². The molecule has 0 saturated heterocycles. The van der Waals surface area contributed by atoms with Crippen molar-refractivity contribution in [1.82, 2.24) is 9.55 Å². The summed E-state index contributed by atoms with van der Waals surface area (Å²) in [6.45, 7) is 3.55. The third kappa shape index (κ3) is 3.71. The molecule has 1 aromatic carbocycles. The van der Waals surface area contributed by atoms with Crippen molar-refractivity contribution in [3.8, 4) is 11.5 Å². The normalized spacial score (nSPS) is 10.6. The monoisotopic (exact) mass is 382 g/mol. The first-order chi connectivity index (χ1) is 13.3. The molecule has 8 heteroatoms. The van der Waals surface area contributed by atoms with Gasteiger partial charge in [-0.1, -0.05) is 6.07 Å². The molecule has 0 fully saturated rings. The number of nitrogens with two attached hydrogens (primary N) is 1. The highest BCUT2D eigenvalue weighted by Crippen LogP contribution is 2.32. The van der Waals surface area contributed by atoms with Crippen LogP contribution in [-0.2, 0) is 7.05 Å². The molecule has 7 nitrogen and oxygen atoms in total. The van der Waals surface area contributed by atoms with Crippen LogP contribution in [0.5, 0.6) is 11.5 Å². The molecule has 2 aromatic heterocycles. The molecule has 3 N–H and O–H groups in total. The van der Waals surface area contributed by atoms with Crippen LogP contribution in [0.3, 0.4) is 0 Å². The number of benzene rings is 1. The lowest BCUT2D eigenvalue weighted by molar-refractivity contribution is 0.0998. The SMILES string of the molecule is Cc1ccc(Nc2c(C(N)=O)c(Oc3cnccc3C)cc(=O)n2C)c(F)c1. The van der Waals surface area contributed by atoms with Gasteiger partial charge in [0.25, 0.3) is 11.5 Å². The summed E-state index contributed by atoms with van der Waals surface area (Å²) in [5.74, 6) is -1.01. The van der Waals surface area contributed by atoms with Gasteiger partial charge in [0.15, 0.2) is 0 Å². The molecular weight excluding hydrogens is 363 g/mol. The quantitative estimate of drug-likeness (QED) is 0.706. The summed E-state index contributed by atoms with van der Waals surface area (Å²) in [6, 6.07) is 7.43. The van der Waals surface area contributed by atoms with Crippen LogP contribution in [0.4, 0.5) is 15.9 Å². The number of nitrogens with zero attached hydrogens (tertiary/aromatic N) is 2. The number of hydrogen-bond donors (Lipinski definition) is 2. The summed E-state index contributed by atoms with van der Waals surface area (Å²) < 4.78 is 21.2. The molecule has 0 spiro atoms. The van der Waals surface area contributed by atoms with Crippen LogP contribution < -0.4 is 21.3 Å². The Bertz CT molecular complexity index is 1120. The van der Waals surface area contributed by atoms with E-state index in [-0.39, 0.29) is 22.8 Å². The van der Waals surface area contributed by atoms with E-state index in [9.17, 15) is 14.0 Å². The Morgan fingerprint density at radius 1 is 1.21 bits per heavy atom. The van der Waals surface area contributed by atoms with E-state index in [4.69, 9.17) is 10.5 Å². The highest BCUT2D eigenvalue weighted by atomic mass is 19.1. The molecule has 0 aliphatic heterocycles. The zero-order valence-corrected chi connectivity index (χ0v) is 15.6. The first-order valence-corrected chi connectivity index (χ1v) is 8.43. The Kier molecular flexibility index (Phi) is 5.12. The Labute approximate surface area is 160 Å². The number of anilines is 2. The lowest BCUT2D eigenvalue weighted by Crippen LogP contribution is -2.25. The predicted molar refractivity (Wildman–Crippen MR) is 104 cm³/mol. The molecule has 1 amide bonds. The number of nitrogens with one attached hydrogen (secondary N) is 1. The van der Waals surface area contributed by atoms with Crippen molar-refractivity contribution in [2.75, 3.05) is 5.32 Å². The maximum atomic E-state index is 14.3. The molecule has 0 unspecified atom stereocenters. The first-order valence-electron chi connectivity index (χ1n) is 8.43. The van der Waals surface area contributed by atoms with Crippen molar-refractivity contribution in [2.24, 2.45) is 12.8 Å². The van der Waals surface area contributed by atoms with E-state index in [1.54, 1.807) is 32.2 Å². The van der Waals surface area contributed by atoms with Gasteiger partial charge in [0.1, 0.15) is 28.7 Å². The number of ether oxygens (including phenoxy) is 1. The van der Waals surface area contributed by atoms with Crippen LogP contribution in [0.2, 0.25) is 0 Å². The lowest BCUT2D eigenvalue weighted by atomic mass is 10.1. The molecular formula is C20H19FN4O3. The Balaban J connectivity index is 2.16. The number of rotatable bonds is 5. The highest BCUT2D eigenvalue weighted by Gasteiger charge is 2.22. The number of pyridine rings is 2. The van der Waals surface area contributed by atoms with Gasteiger partial charge in [-0.2, -0.15) is 0 Å². The van der Waals surface area contributed by atoms with E-state index < -0.39 is 17.3 Å². The minimum absolute atomic E-state index is 0.0271. The highest BCUT2D eigenvalue weighted by molar-refractivity contribution is 6.01. The van der Waals surface area contributed by atoms with Crippen molar-refractivity contribution in [3.05, 3.63) is 75.6 Å². The van der Waals surface area contributed by atoms with Gasteiger partial charge in [0.2, 0.25) is 0 Å². The molecule has 0 aliphatic rings. The number of halogens is 1. The molecule has 3 rings (SSSR count). The van der Waals surface area contributed by atoms with Crippen LogP contribution in [0.15, 0.2) is 47.5 Å². The molecule has 144 valence electrons. The summed E-state index contributed by atoms with van der Waals surface area (Å²) in [5.41, 5.74) is 6.60. The third-order valence-corrected chi connectivity index (χ3v) is 4.24. The van der Waals surface area contributed by atoms with Crippen LogP contribution >= 0.6 is 0 Å². The fourth-order valence-corrected chi connectivity index (χ4v) is 2.66. The van der Waals surface area contributed by atoms with Gasteiger partial charge in [-0.3, -0.25) is 19.1 Å². The summed E-state index contributed by atoms with van der Waals surface area (Å²) in [5, 5.41) is 2.79. The van der Waals surface area contributed by atoms with Crippen molar-refractivity contribution in [2.45, 2.75) is 13.8 Å². The van der Waals surface area contributed by atoms with E-state index in [0.717, 1.165) is 17.2 Å². The zero-order chi connectivity index (χ0) is 20.4. The molecule has 2 heterocycles. The Morgan fingerprint density at radius 3 is 2.61 bits per heavy atom. The van der Waals surface area contributed by atoms with Gasteiger partial charge in [0, 0.05) is 19.3 Å². The number of hydrogen-bond acceptors (Lipinski definition) is 5. The second kappa shape index (κ2) is 7.51. The van der Waals surface area contributed by atoms with Crippen molar-refractivity contribution < 1.29 is 13.9 Å². The molecule has 3 aromatic rings. The number of carbonyl (C=O) groups is 1. The fraction of sp³-hybridized carbons (Fsp3) is 0.150. The molecule has 0 saturated carbocycles. The zero-order valence-electron chi connectivity index (χ0n) is 15.6. The van der Waals surface area contributed by atoms with Gasteiger partial charge >= 0.3 is 0 Å². The van der Waals surface area contributed by atoms with Gasteiger partial charge < -0.3 is 15.8 Å². The standard InChI is InChI=1S/C20H19FN4O3/c1-11-4-5-14(13(21)8-11)24-20-18(19(22)27)15(9-17(26)25(20)3)28-16-10-23-7-6-12(16)2/h4-10,24H,1-3H3,(H2,22,27). The Morgan fingerprint density at radius 2 is 1.96 bits per heavy atom. The molecule has 28 heavy (non-hydrogen) atoms. The average Bonchev–Trinajstić information content (AvgIpc) is 2.63. The number of aryl methyl sites for hydroxylation is 2. The van der Waals surface area contributed by atoms with Crippen molar-refractivity contribution in [1.29, 1.82) is 0 Å². The van der Waals surface area contributed by atoms with E-state index in [1.165, 1.54) is 29.9 Å². The van der Waals surface area contributed by atoms with E-state index in [2.05, 4.69) is 10.3 Å². The van der Waals surface area contributed by atoms with Gasteiger partial charge in [-0.05, 0) is 43.2 Å². The van der Waals surface area contributed by atoms with E-state index >= 15 is 0 Å². The predicted octanol–water partition coefficient (Wildman–Crippen LogP) is 3.17. The Hall–Kier alpha value is -3.68. The average molecular weight is 382 g/mol. The van der Waals surface area contributed by atoms with Crippen molar-refractivity contribution >= 4 is 17.4 Å². The number of aromatic nitrogens is 2. The topological polar surface area (TPSA) is 99.2 Å². The summed E-state index contributed by atoms with van der Waals surface area (Å²) in [7, 11) is 1.45. The van der Waals surface area contributed by atoms with E-state index in [1.807, 2.05) is 0 Å². The maximum absolute atomic E-state index is 14.3. The van der Waals surface area contributed by atoms with Crippen molar-refractivity contribution in [3.63, 3.8) is 0 Å². The van der Waals surface area contributed by atoms with Crippen LogP contribution in [0.25, 0.3) is 0 Å². The van der Waals surface area contributed by atoms with Gasteiger partial charge in [-0.25, -0.2) is 4.39 Å². The molecule has 0 radical (unpaired) electrons. The second-order valence-electron chi connectivity index (χ2n) is 6.35. The first kappa shape index (κ1) is 19.1.